The number of nitrogens with zero attached hydrogens (tertiary/aromatic N) is 1. The number of amides is 1. The Kier molecular flexibility index (Phi) is 3.42. The lowest BCUT2D eigenvalue weighted by Gasteiger charge is -2.44. The molecule has 2 aliphatic heterocycles. The maximum absolute atomic E-state index is 12.5. The van der Waals surface area contributed by atoms with Gasteiger partial charge in [0.25, 0.3) is 0 Å². The van der Waals surface area contributed by atoms with Gasteiger partial charge in [-0.3, -0.25) is 4.79 Å². The van der Waals surface area contributed by atoms with E-state index in [2.05, 4.69) is 17.1 Å². The fraction of sp³-hybridized carbons (Fsp3) is 0.800. The molecule has 0 bridgehead atoms. The molecular formula is C15H23NO2. The molecule has 2 atom stereocenters. The lowest BCUT2D eigenvalue weighted by atomic mass is 9.71. The maximum Gasteiger partial charge on any atom is 0.228 e. The standard InChI is InChI=1S/C15H23NO2/c17-14(13-5-10-18-11-13)16-9-4-8-15(12-16)6-2-1-3-7-15/h1-2,13H,3-12H2/t13-,15-/m0/s1. The molecule has 2 heterocycles. The molecule has 0 aromatic carbocycles. The summed E-state index contributed by atoms with van der Waals surface area (Å²) in [5.41, 5.74) is 0.391. The predicted molar refractivity (Wildman–Crippen MR) is 70.2 cm³/mol. The van der Waals surface area contributed by atoms with Crippen LogP contribution in [0.1, 0.15) is 38.5 Å². The number of piperidine rings is 1. The molecule has 3 heteroatoms. The van der Waals surface area contributed by atoms with Gasteiger partial charge in [-0.2, -0.15) is 0 Å². The highest BCUT2D eigenvalue weighted by Crippen LogP contribution is 2.41. The molecule has 2 saturated heterocycles. The number of likely N-dealkylation sites (tertiary alicyclic amines) is 1. The molecular weight excluding hydrogens is 226 g/mol. The van der Waals surface area contributed by atoms with Crippen molar-refractivity contribution >= 4 is 5.91 Å². The Balaban J connectivity index is 1.66. The largest absolute Gasteiger partial charge is 0.381 e. The zero-order valence-corrected chi connectivity index (χ0v) is 11.1. The molecule has 3 nitrogen and oxygen atoms in total. The zero-order valence-electron chi connectivity index (χ0n) is 11.1. The Morgan fingerprint density at radius 1 is 1.33 bits per heavy atom. The quantitative estimate of drug-likeness (QED) is 0.668. The third-order valence-corrected chi connectivity index (χ3v) is 4.81. The van der Waals surface area contributed by atoms with E-state index < -0.39 is 0 Å². The van der Waals surface area contributed by atoms with Crippen LogP contribution in [0.15, 0.2) is 12.2 Å². The molecule has 0 saturated carbocycles. The summed E-state index contributed by atoms with van der Waals surface area (Å²) >= 11 is 0. The molecule has 3 rings (SSSR count). The summed E-state index contributed by atoms with van der Waals surface area (Å²) in [6.07, 6.45) is 11.6. The number of hydrogen-bond acceptors (Lipinski definition) is 2. The topological polar surface area (TPSA) is 29.5 Å². The van der Waals surface area contributed by atoms with E-state index in [1.54, 1.807) is 0 Å². The van der Waals surface area contributed by atoms with Crippen molar-refractivity contribution < 1.29 is 9.53 Å². The number of allylic oxidation sites excluding steroid dienone is 2. The first-order valence-electron chi connectivity index (χ1n) is 7.31. The van der Waals surface area contributed by atoms with Crippen LogP contribution in [0.4, 0.5) is 0 Å². The second-order valence-corrected chi connectivity index (χ2v) is 6.14. The summed E-state index contributed by atoms with van der Waals surface area (Å²) in [6, 6.07) is 0. The SMILES string of the molecule is O=C([C@H]1CCOC1)N1CCC[C@@]2(CC=CCC2)C1. The van der Waals surface area contributed by atoms with Crippen molar-refractivity contribution in [3.05, 3.63) is 12.2 Å². The Labute approximate surface area is 109 Å². The van der Waals surface area contributed by atoms with E-state index in [-0.39, 0.29) is 5.92 Å². The Morgan fingerprint density at radius 3 is 3.00 bits per heavy atom. The van der Waals surface area contributed by atoms with Crippen LogP contribution in [0.2, 0.25) is 0 Å². The number of rotatable bonds is 1. The summed E-state index contributed by atoms with van der Waals surface area (Å²) in [4.78, 5) is 14.6. The van der Waals surface area contributed by atoms with Crippen LogP contribution in [0.5, 0.6) is 0 Å². The van der Waals surface area contributed by atoms with Gasteiger partial charge in [0.2, 0.25) is 5.91 Å². The average molecular weight is 249 g/mol. The highest BCUT2D eigenvalue weighted by Gasteiger charge is 2.38. The number of carbonyl (C=O) groups excluding carboxylic acids is 1. The van der Waals surface area contributed by atoms with Crippen molar-refractivity contribution in [2.45, 2.75) is 38.5 Å². The number of hydrogen-bond donors (Lipinski definition) is 0. The molecule has 0 radical (unpaired) electrons. The van der Waals surface area contributed by atoms with E-state index >= 15 is 0 Å². The van der Waals surface area contributed by atoms with Crippen LogP contribution >= 0.6 is 0 Å². The minimum absolute atomic E-state index is 0.138. The van der Waals surface area contributed by atoms with Gasteiger partial charge >= 0.3 is 0 Å². The summed E-state index contributed by atoms with van der Waals surface area (Å²) < 4.78 is 5.35. The highest BCUT2D eigenvalue weighted by molar-refractivity contribution is 5.79. The molecule has 1 amide bonds. The second-order valence-electron chi connectivity index (χ2n) is 6.14. The normalized spacial score (nSPS) is 36.2. The van der Waals surface area contributed by atoms with Gasteiger partial charge in [-0.05, 0) is 43.9 Å². The van der Waals surface area contributed by atoms with Gasteiger partial charge in [-0.1, -0.05) is 12.2 Å². The molecule has 1 aliphatic carbocycles. The smallest absolute Gasteiger partial charge is 0.228 e. The first-order chi connectivity index (χ1) is 8.79. The fourth-order valence-corrected chi connectivity index (χ4v) is 3.70. The Bertz CT molecular complexity index is 346. The molecule has 3 aliphatic rings. The van der Waals surface area contributed by atoms with Crippen LogP contribution in [0.3, 0.4) is 0 Å². The Morgan fingerprint density at radius 2 is 2.28 bits per heavy atom. The lowest BCUT2D eigenvalue weighted by molar-refractivity contribution is -0.139. The second kappa shape index (κ2) is 5.04. The predicted octanol–water partition coefficient (Wildman–Crippen LogP) is 2.37. The van der Waals surface area contributed by atoms with Gasteiger partial charge < -0.3 is 9.64 Å². The van der Waals surface area contributed by atoms with Crippen molar-refractivity contribution in [2.24, 2.45) is 11.3 Å². The van der Waals surface area contributed by atoms with E-state index in [9.17, 15) is 4.79 Å². The van der Waals surface area contributed by atoms with Gasteiger partial charge in [-0.25, -0.2) is 0 Å². The lowest BCUT2D eigenvalue weighted by Crippen LogP contribution is -2.48. The van der Waals surface area contributed by atoms with Crippen LogP contribution in [-0.4, -0.2) is 37.1 Å². The van der Waals surface area contributed by atoms with Crippen LogP contribution < -0.4 is 0 Å². The first-order valence-corrected chi connectivity index (χ1v) is 7.31. The van der Waals surface area contributed by atoms with E-state index in [1.807, 2.05) is 0 Å². The maximum atomic E-state index is 12.5. The zero-order chi connectivity index (χ0) is 12.4. The first kappa shape index (κ1) is 12.2. The van der Waals surface area contributed by atoms with Gasteiger partial charge in [0.15, 0.2) is 0 Å². The van der Waals surface area contributed by atoms with Crippen molar-refractivity contribution in [3.63, 3.8) is 0 Å². The summed E-state index contributed by atoms with van der Waals surface area (Å²) in [6.45, 7) is 3.34. The molecule has 100 valence electrons. The van der Waals surface area contributed by atoms with Crippen LogP contribution in [0, 0.1) is 11.3 Å². The Hall–Kier alpha value is -0.830. The summed E-state index contributed by atoms with van der Waals surface area (Å²) in [7, 11) is 0. The van der Waals surface area contributed by atoms with Crippen LogP contribution in [-0.2, 0) is 9.53 Å². The number of carbonyl (C=O) groups is 1. The van der Waals surface area contributed by atoms with Crippen molar-refractivity contribution in [1.82, 2.24) is 4.90 Å². The van der Waals surface area contributed by atoms with E-state index in [4.69, 9.17) is 4.74 Å². The van der Waals surface area contributed by atoms with Gasteiger partial charge in [0, 0.05) is 19.7 Å². The third-order valence-electron chi connectivity index (χ3n) is 4.81. The van der Waals surface area contributed by atoms with Gasteiger partial charge in [-0.15, -0.1) is 0 Å². The summed E-state index contributed by atoms with van der Waals surface area (Å²) in [5, 5.41) is 0. The fourth-order valence-electron chi connectivity index (χ4n) is 3.70. The molecule has 18 heavy (non-hydrogen) atoms. The third kappa shape index (κ3) is 2.33. The molecule has 0 unspecified atom stereocenters. The van der Waals surface area contributed by atoms with Crippen LogP contribution in [0.25, 0.3) is 0 Å². The monoisotopic (exact) mass is 249 g/mol. The summed E-state index contributed by atoms with van der Waals surface area (Å²) in [5.74, 6) is 0.486. The van der Waals surface area contributed by atoms with E-state index in [1.165, 1.54) is 25.7 Å². The van der Waals surface area contributed by atoms with Gasteiger partial charge in [0.1, 0.15) is 0 Å². The number of ether oxygens (including phenoxy) is 1. The van der Waals surface area contributed by atoms with Gasteiger partial charge in [0.05, 0.1) is 12.5 Å². The van der Waals surface area contributed by atoms with E-state index in [0.717, 1.165) is 32.5 Å². The average Bonchev–Trinajstić information content (AvgIpc) is 2.93. The minimum Gasteiger partial charge on any atom is -0.381 e. The molecule has 0 aromatic rings. The highest BCUT2D eigenvalue weighted by atomic mass is 16.5. The van der Waals surface area contributed by atoms with Crippen molar-refractivity contribution in [1.29, 1.82) is 0 Å². The molecule has 2 fully saturated rings. The molecule has 0 aromatic heterocycles. The minimum atomic E-state index is 0.138. The van der Waals surface area contributed by atoms with E-state index in [0.29, 0.717) is 17.9 Å². The van der Waals surface area contributed by atoms with Crippen molar-refractivity contribution in [2.75, 3.05) is 26.3 Å². The molecule has 0 N–H and O–H groups in total. The van der Waals surface area contributed by atoms with Crippen molar-refractivity contribution in [3.8, 4) is 0 Å². The molecule has 1 spiro atoms.